The van der Waals surface area contributed by atoms with E-state index in [1.165, 1.54) is 9.21 Å². The van der Waals surface area contributed by atoms with E-state index in [1.54, 1.807) is 43.3 Å². The van der Waals surface area contributed by atoms with E-state index in [4.69, 9.17) is 32.7 Å². The molecule has 1 N–H and O–H groups in total. The number of carbonyl (C=O) groups is 2. The van der Waals surface area contributed by atoms with Gasteiger partial charge in [-0.2, -0.15) is 0 Å². The Kier molecular flexibility index (Phi) is 9.43. The second-order valence-electron chi connectivity index (χ2n) is 10.1. The summed E-state index contributed by atoms with van der Waals surface area (Å²) in [7, 11) is -3.64. The van der Waals surface area contributed by atoms with Crippen molar-refractivity contribution in [3.8, 4) is 11.5 Å². The van der Waals surface area contributed by atoms with Crippen molar-refractivity contribution in [2.24, 2.45) is 0 Å². The molecule has 0 bridgehead atoms. The first kappa shape index (κ1) is 29.9. The normalized spacial score (nSPS) is 13.7. The maximum Gasteiger partial charge on any atom is 0.242 e. The van der Waals surface area contributed by atoms with Gasteiger partial charge in [0.15, 0.2) is 11.5 Å². The molecule has 0 saturated carbocycles. The number of nitrogens with zero attached hydrogens (tertiary/aromatic N) is 2. The van der Waals surface area contributed by atoms with E-state index in [9.17, 15) is 18.0 Å². The minimum Gasteiger partial charge on any atom is -0.454 e. The molecule has 1 aliphatic heterocycles. The van der Waals surface area contributed by atoms with Crippen LogP contribution in [0.25, 0.3) is 0 Å². The fourth-order valence-corrected chi connectivity index (χ4v) is 5.36. The van der Waals surface area contributed by atoms with Crippen LogP contribution >= 0.6 is 23.2 Å². The molecule has 2 aromatic rings. The monoisotopic (exact) mass is 585 g/mol. The second-order valence-corrected chi connectivity index (χ2v) is 12.9. The number of anilines is 1. The molecule has 1 aliphatic rings. The van der Waals surface area contributed by atoms with Crippen LogP contribution in [-0.4, -0.2) is 56.3 Å². The standard InChI is InChI=1S/C26H33Cl2N3O6S/c1-17(25(33)29-26(2,3)4)30(15-18-8-9-19(27)13-21(18)28)24(32)7-6-12-31(38(5,34)35)20-10-11-22-23(14-20)37-16-36-22/h8-11,13-14,17H,6-7,12,15-16H2,1-5H3,(H,29,33). The molecule has 9 nitrogen and oxygen atoms in total. The van der Waals surface area contributed by atoms with Crippen molar-refractivity contribution >= 4 is 50.7 Å². The molecule has 38 heavy (non-hydrogen) atoms. The van der Waals surface area contributed by atoms with Crippen molar-refractivity contribution in [3.05, 3.63) is 52.0 Å². The van der Waals surface area contributed by atoms with Gasteiger partial charge in [-0.15, -0.1) is 0 Å². The van der Waals surface area contributed by atoms with Gasteiger partial charge in [0, 0.05) is 41.2 Å². The highest BCUT2D eigenvalue weighted by molar-refractivity contribution is 7.92. The van der Waals surface area contributed by atoms with Gasteiger partial charge in [0.1, 0.15) is 6.04 Å². The third-order valence-electron chi connectivity index (χ3n) is 5.82. The summed E-state index contributed by atoms with van der Waals surface area (Å²) in [5.74, 6) is 0.370. The molecule has 0 radical (unpaired) electrons. The van der Waals surface area contributed by atoms with Gasteiger partial charge in [-0.3, -0.25) is 13.9 Å². The molecule has 12 heteroatoms. The van der Waals surface area contributed by atoms with Gasteiger partial charge in [-0.05, 0) is 63.9 Å². The van der Waals surface area contributed by atoms with Crippen molar-refractivity contribution < 1.29 is 27.5 Å². The quantitative estimate of drug-likeness (QED) is 0.437. The SMILES string of the molecule is CC(C(=O)NC(C)(C)C)N(Cc1ccc(Cl)cc1Cl)C(=O)CCCN(c1ccc2c(c1)OCO2)S(C)(=O)=O. The first-order valence-electron chi connectivity index (χ1n) is 12.1. The first-order chi connectivity index (χ1) is 17.7. The van der Waals surface area contributed by atoms with Crippen LogP contribution in [0.15, 0.2) is 36.4 Å². The number of carbonyl (C=O) groups excluding carboxylic acids is 2. The Morgan fingerprint density at radius 2 is 1.76 bits per heavy atom. The summed E-state index contributed by atoms with van der Waals surface area (Å²) in [6.07, 6.45) is 1.33. The van der Waals surface area contributed by atoms with Crippen LogP contribution in [0.1, 0.15) is 46.1 Å². The molecule has 1 atom stereocenters. The molecular weight excluding hydrogens is 553 g/mol. The number of rotatable bonds is 10. The molecule has 2 aromatic carbocycles. The lowest BCUT2D eigenvalue weighted by Crippen LogP contribution is -2.52. The number of ether oxygens (including phenoxy) is 2. The topological polar surface area (TPSA) is 105 Å². The largest absolute Gasteiger partial charge is 0.454 e. The number of benzene rings is 2. The number of amides is 2. The fourth-order valence-electron chi connectivity index (χ4n) is 3.93. The van der Waals surface area contributed by atoms with Crippen LogP contribution in [0, 0.1) is 0 Å². The predicted octanol–water partition coefficient (Wildman–Crippen LogP) is 4.60. The summed E-state index contributed by atoms with van der Waals surface area (Å²) >= 11 is 12.4. The van der Waals surface area contributed by atoms with Crippen LogP contribution < -0.4 is 19.1 Å². The lowest BCUT2D eigenvalue weighted by atomic mass is 10.1. The highest BCUT2D eigenvalue weighted by Gasteiger charge is 2.29. The first-order valence-corrected chi connectivity index (χ1v) is 14.7. The smallest absolute Gasteiger partial charge is 0.242 e. The van der Waals surface area contributed by atoms with Crippen molar-refractivity contribution in [3.63, 3.8) is 0 Å². The summed E-state index contributed by atoms with van der Waals surface area (Å²) in [5.41, 5.74) is 0.559. The molecule has 1 unspecified atom stereocenters. The summed E-state index contributed by atoms with van der Waals surface area (Å²) in [6.45, 7) is 7.44. The van der Waals surface area contributed by atoms with Crippen molar-refractivity contribution in [1.82, 2.24) is 10.2 Å². The summed E-state index contributed by atoms with van der Waals surface area (Å²) < 4.78 is 37.0. The Morgan fingerprint density at radius 3 is 2.39 bits per heavy atom. The van der Waals surface area contributed by atoms with Crippen molar-refractivity contribution in [2.75, 3.05) is 23.9 Å². The van der Waals surface area contributed by atoms with E-state index in [-0.39, 0.29) is 44.5 Å². The number of hydrogen-bond acceptors (Lipinski definition) is 6. The van der Waals surface area contributed by atoms with Gasteiger partial charge in [0.05, 0.1) is 11.9 Å². The Bertz CT molecular complexity index is 1300. The number of nitrogens with one attached hydrogen (secondary N) is 1. The van der Waals surface area contributed by atoms with Gasteiger partial charge in [-0.25, -0.2) is 8.42 Å². The van der Waals surface area contributed by atoms with Crippen molar-refractivity contribution in [2.45, 2.75) is 58.7 Å². The zero-order valence-electron chi connectivity index (χ0n) is 22.1. The Morgan fingerprint density at radius 1 is 1.08 bits per heavy atom. The summed E-state index contributed by atoms with van der Waals surface area (Å²) in [5, 5.41) is 3.74. The van der Waals surface area contributed by atoms with Gasteiger partial charge in [0.25, 0.3) is 0 Å². The maximum atomic E-state index is 13.4. The van der Waals surface area contributed by atoms with E-state index in [0.717, 1.165) is 6.26 Å². The molecule has 1 heterocycles. The zero-order valence-corrected chi connectivity index (χ0v) is 24.4. The van der Waals surface area contributed by atoms with Crippen LogP contribution in [0.5, 0.6) is 11.5 Å². The number of fused-ring (bicyclic) bond motifs is 1. The molecule has 2 amide bonds. The number of sulfonamides is 1. The van der Waals surface area contributed by atoms with E-state index in [1.807, 2.05) is 20.8 Å². The van der Waals surface area contributed by atoms with Gasteiger partial charge >= 0.3 is 0 Å². The molecule has 0 aromatic heterocycles. The van der Waals surface area contributed by atoms with Crippen molar-refractivity contribution in [1.29, 1.82) is 0 Å². The molecule has 0 saturated heterocycles. The number of halogens is 2. The highest BCUT2D eigenvalue weighted by atomic mass is 35.5. The van der Waals surface area contributed by atoms with Crippen LogP contribution in [-0.2, 0) is 26.2 Å². The molecule has 0 aliphatic carbocycles. The van der Waals surface area contributed by atoms with Crippen LogP contribution in [0.4, 0.5) is 5.69 Å². The zero-order chi connectivity index (χ0) is 28.3. The van der Waals surface area contributed by atoms with E-state index in [2.05, 4.69) is 5.32 Å². The Hall–Kier alpha value is -2.69. The Labute approximate surface area is 234 Å². The van der Waals surface area contributed by atoms with Gasteiger partial charge < -0.3 is 19.7 Å². The maximum absolute atomic E-state index is 13.4. The summed E-state index contributed by atoms with van der Waals surface area (Å²) in [4.78, 5) is 27.8. The van der Waals surface area contributed by atoms with E-state index >= 15 is 0 Å². The van der Waals surface area contributed by atoms with Crippen LogP contribution in [0.3, 0.4) is 0 Å². The third-order valence-corrected chi connectivity index (χ3v) is 7.60. The predicted molar refractivity (Wildman–Crippen MR) is 148 cm³/mol. The minimum absolute atomic E-state index is 0.00885. The van der Waals surface area contributed by atoms with Crippen LogP contribution in [0.2, 0.25) is 10.0 Å². The molecular formula is C26H33Cl2N3O6S. The lowest BCUT2D eigenvalue weighted by molar-refractivity contribution is -0.141. The molecule has 0 spiro atoms. The molecule has 0 fully saturated rings. The average molecular weight is 587 g/mol. The minimum atomic E-state index is -3.64. The van der Waals surface area contributed by atoms with E-state index < -0.39 is 21.6 Å². The van der Waals surface area contributed by atoms with Gasteiger partial charge in [0.2, 0.25) is 28.6 Å². The molecule has 208 valence electrons. The van der Waals surface area contributed by atoms with E-state index in [0.29, 0.717) is 32.8 Å². The second kappa shape index (κ2) is 12.0. The third kappa shape index (κ3) is 7.91. The molecule has 3 rings (SSSR count). The summed E-state index contributed by atoms with van der Waals surface area (Å²) in [6, 6.07) is 9.03. The fraction of sp³-hybridized carbons (Fsp3) is 0.462. The Balaban J connectivity index is 1.77. The average Bonchev–Trinajstić information content (AvgIpc) is 3.27. The lowest BCUT2D eigenvalue weighted by Gasteiger charge is -2.32. The highest BCUT2D eigenvalue weighted by Crippen LogP contribution is 2.36. The van der Waals surface area contributed by atoms with Gasteiger partial charge in [-0.1, -0.05) is 29.3 Å². The number of hydrogen-bond donors (Lipinski definition) is 1.